The number of fused-ring (bicyclic) bond motifs is 1. The Morgan fingerprint density at radius 3 is 2.74 bits per heavy atom. The summed E-state index contributed by atoms with van der Waals surface area (Å²) in [5.74, 6) is 1.30. The van der Waals surface area contributed by atoms with Crippen molar-refractivity contribution in [1.29, 1.82) is 0 Å². The van der Waals surface area contributed by atoms with Crippen molar-refractivity contribution in [2.24, 2.45) is 5.73 Å². The van der Waals surface area contributed by atoms with E-state index in [9.17, 15) is 4.79 Å². The van der Waals surface area contributed by atoms with Crippen LogP contribution < -0.4 is 15.8 Å². The summed E-state index contributed by atoms with van der Waals surface area (Å²) in [5, 5.41) is 4.56. The van der Waals surface area contributed by atoms with Crippen LogP contribution in [-0.2, 0) is 4.79 Å². The highest BCUT2D eigenvalue weighted by molar-refractivity contribution is 5.90. The van der Waals surface area contributed by atoms with Gasteiger partial charge in [-0.1, -0.05) is 0 Å². The molecule has 0 saturated heterocycles. The maximum absolute atomic E-state index is 10.8. The SMILES string of the molecule is CN(C)C1CCC(Nc2ncnc3ccc(OCCCC(N)=O)cc23)CC1. The number of nitrogens with zero attached hydrogens (tertiary/aromatic N) is 3. The molecular weight excluding hydrogens is 342 g/mol. The van der Waals surface area contributed by atoms with Gasteiger partial charge in [0.25, 0.3) is 0 Å². The van der Waals surface area contributed by atoms with Crippen molar-refractivity contribution in [3.8, 4) is 5.75 Å². The Hall–Kier alpha value is -2.41. The number of nitrogens with one attached hydrogen (secondary N) is 1. The second-order valence-corrected chi connectivity index (χ2v) is 7.43. The van der Waals surface area contributed by atoms with Crippen LogP contribution >= 0.6 is 0 Å². The summed E-state index contributed by atoms with van der Waals surface area (Å²) in [6, 6.07) is 6.90. The second-order valence-electron chi connectivity index (χ2n) is 7.43. The maximum atomic E-state index is 10.8. The lowest BCUT2D eigenvalue weighted by Gasteiger charge is -2.33. The molecule has 1 fully saturated rings. The summed E-state index contributed by atoms with van der Waals surface area (Å²) in [6.07, 6.45) is 7.21. The van der Waals surface area contributed by atoms with Gasteiger partial charge in [-0.25, -0.2) is 9.97 Å². The van der Waals surface area contributed by atoms with Crippen molar-refractivity contribution >= 4 is 22.6 Å². The van der Waals surface area contributed by atoms with E-state index < -0.39 is 0 Å². The number of anilines is 1. The topological polar surface area (TPSA) is 93.4 Å². The molecule has 1 heterocycles. The number of ether oxygens (including phenoxy) is 1. The van der Waals surface area contributed by atoms with Crippen LogP contribution in [0.15, 0.2) is 24.5 Å². The summed E-state index contributed by atoms with van der Waals surface area (Å²) in [5.41, 5.74) is 6.05. The molecule has 1 saturated carbocycles. The summed E-state index contributed by atoms with van der Waals surface area (Å²) in [6.45, 7) is 0.458. The molecule has 7 heteroatoms. The van der Waals surface area contributed by atoms with Crippen LogP contribution in [0.4, 0.5) is 5.82 Å². The number of hydrogen-bond donors (Lipinski definition) is 2. The first-order chi connectivity index (χ1) is 13.0. The quantitative estimate of drug-likeness (QED) is 0.693. The van der Waals surface area contributed by atoms with Gasteiger partial charge >= 0.3 is 0 Å². The Morgan fingerprint density at radius 2 is 2.04 bits per heavy atom. The molecule has 146 valence electrons. The molecule has 1 aliphatic carbocycles. The average molecular weight is 371 g/mol. The Morgan fingerprint density at radius 1 is 1.26 bits per heavy atom. The minimum atomic E-state index is -0.305. The van der Waals surface area contributed by atoms with E-state index in [-0.39, 0.29) is 5.91 Å². The van der Waals surface area contributed by atoms with E-state index in [1.54, 1.807) is 6.33 Å². The van der Waals surface area contributed by atoms with Gasteiger partial charge in [0.1, 0.15) is 17.9 Å². The molecule has 0 aliphatic heterocycles. The third-order valence-corrected chi connectivity index (χ3v) is 5.21. The van der Waals surface area contributed by atoms with E-state index in [4.69, 9.17) is 10.5 Å². The van der Waals surface area contributed by atoms with Gasteiger partial charge in [-0.15, -0.1) is 0 Å². The van der Waals surface area contributed by atoms with Gasteiger partial charge in [0, 0.05) is 23.9 Å². The van der Waals surface area contributed by atoms with Crippen LogP contribution in [0.2, 0.25) is 0 Å². The van der Waals surface area contributed by atoms with Crippen LogP contribution in [0.1, 0.15) is 38.5 Å². The lowest BCUT2D eigenvalue weighted by atomic mass is 9.90. The molecule has 0 radical (unpaired) electrons. The average Bonchev–Trinajstić information content (AvgIpc) is 2.66. The van der Waals surface area contributed by atoms with Gasteiger partial charge in [-0.2, -0.15) is 0 Å². The number of amides is 1. The molecule has 1 aromatic carbocycles. The zero-order valence-corrected chi connectivity index (χ0v) is 16.1. The van der Waals surface area contributed by atoms with Crippen molar-refractivity contribution in [2.75, 3.05) is 26.0 Å². The monoisotopic (exact) mass is 371 g/mol. The summed E-state index contributed by atoms with van der Waals surface area (Å²) < 4.78 is 5.75. The first-order valence-corrected chi connectivity index (χ1v) is 9.62. The minimum Gasteiger partial charge on any atom is -0.494 e. The Balaban J connectivity index is 1.66. The van der Waals surface area contributed by atoms with Gasteiger partial charge in [-0.3, -0.25) is 4.79 Å². The van der Waals surface area contributed by atoms with Gasteiger partial charge in [0.2, 0.25) is 5.91 Å². The van der Waals surface area contributed by atoms with Crippen LogP contribution in [-0.4, -0.2) is 53.6 Å². The third-order valence-electron chi connectivity index (χ3n) is 5.21. The molecular formula is C20H29N5O2. The van der Waals surface area contributed by atoms with E-state index in [2.05, 4.69) is 34.3 Å². The predicted molar refractivity (Wildman–Crippen MR) is 107 cm³/mol. The number of nitrogens with two attached hydrogens (primary N) is 1. The van der Waals surface area contributed by atoms with Gasteiger partial charge in [-0.05, 0) is 64.4 Å². The summed E-state index contributed by atoms with van der Waals surface area (Å²) >= 11 is 0. The van der Waals surface area contributed by atoms with E-state index in [0.29, 0.717) is 31.5 Å². The molecule has 1 amide bonds. The minimum absolute atomic E-state index is 0.305. The fourth-order valence-electron chi connectivity index (χ4n) is 3.61. The molecule has 7 nitrogen and oxygen atoms in total. The molecule has 3 N–H and O–H groups in total. The highest BCUT2D eigenvalue weighted by Crippen LogP contribution is 2.28. The van der Waals surface area contributed by atoms with Crippen LogP contribution in [0.25, 0.3) is 10.9 Å². The lowest BCUT2D eigenvalue weighted by molar-refractivity contribution is -0.118. The molecule has 2 aromatic rings. The Kier molecular flexibility index (Phi) is 6.45. The van der Waals surface area contributed by atoms with Crippen LogP contribution in [0, 0.1) is 0 Å². The Labute approximate surface area is 160 Å². The first-order valence-electron chi connectivity index (χ1n) is 9.62. The van der Waals surface area contributed by atoms with Crippen molar-refractivity contribution in [1.82, 2.24) is 14.9 Å². The first kappa shape index (κ1) is 19.4. The zero-order valence-electron chi connectivity index (χ0n) is 16.1. The van der Waals surface area contributed by atoms with Crippen molar-refractivity contribution in [2.45, 2.75) is 50.6 Å². The van der Waals surface area contributed by atoms with E-state index in [1.807, 2.05) is 18.2 Å². The smallest absolute Gasteiger partial charge is 0.217 e. The zero-order chi connectivity index (χ0) is 19.2. The fourth-order valence-corrected chi connectivity index (χ4v) is 3.61. The summed E-state index contributed by atoms with van der Waals surface area (Å²) in [7, 11) is 4.31. The molecule has 3 rings (SSSR count). The highest BCUT2D eigenvalue weighted by atomic mass is 16.5. The number of carbonyl (C=O) groups excluding carboxylic acids is 1. The Bertz CT molecular complexity index is 772. The second kappa shape index (κ2) is 8.99. The van der Waals surface area contributed by atoms with E-state index in [0.717, 1.165) is 35.3 Å². The molecule has 0 bridgehead atoms. The number of aromatic nitrogens is 2. The summed E-state index contributed by atoms with van der Waals surface area (Å²) in [4.78, 5) is 22.0. The normalized spacial score (nSPS) is 20.0. The lowest BCUT2D eigenvalue weighted by Crippen LogP contribution is -2.36. The number of primary amides is 1. The number of rotatable bonds is 8. The van der Waals surface area contributed by atoms with Gasteiger partial charge in [0.05, 0.1) is 12.1 Å². The van der Waals surface area contributed by atoms with Crippen molar-refractivity contribution in [3.05, 3.63) is 24.5 Å². The molecule has 1 aliphatic rings. The van der Waals surface area contributed by atoms with Crippen LogP contribution in [0.5, 0.6) is 5.75 Å². The molecule has 0 atom stereocenters. The van der Waals surface area contributed by atoms with Gasteiger partial charge in [0.15, 0.2) is 0 Å². The molecule has 1 aromatic heterocycles. The van der Waals surface area contributed by atoms with Crippen LogP contribution in [0.3, 0.4) is 0 Å². The van der Waals surface area contributed by atoms with E-state index in [1.165, 1.54) is 12.8 Å². The predicted octanol–water partition coefficient (Wildman–Crippen LogP) is 2.56. The van der Waals surface area contributed by atoms with Crippen molar-refractivity contribution in [3.63, 3.8) is 0 Å². The number of benzene rings is 1. The number of carbonyl (C=O) groups is 1. The van der Waals surface area contributed by atoms with Crippen molar-refractivity contribution < 1.29 is 9.53 Å². The molecule has 27 heavy (non-hydrogen) atoms. The fraction of sp³-hybridized carbons (Fsp3) is 0.550. The standard InChI is InChI=1S/C20H29N5O2/c1-25(2)15-7-5-14(6-8-15)24-20-17-12-16(27-11-3-4-19(21)26)9-10-18(17)22-13-23-20/h9-10,12-15H,3-8,11H2,1-2H3,(H2,21,26)(H,22,23,24). The molecule has 0 spiro atoms. The van der Waals surface area contributed by atoms with E-state index >= 15 is 0 Å². The molecule has 0 unspecified atom stereocenters. The number of hydrogen-bond acceptors (Lipinski definition) is 6. The van der Waals surface area contributed by atoms with Gasteiger partial charge < -0.3 is 20.7 Å². The third kappa shape index (κ3) is 5.29. The maximum Gasteiger partial charge on any atom is 0.217 e. The largest absolute Gasteiger partial charge is 0.494 e. The highest BCUT2D eigenvalue weighted by Gasteiger charge is 2.23.